The highest BCUT2D eigenvalue weighted by molar-refractivity contribution is 7.99. The smallest absolute Gasteiger partial charge is 0.0406 e. The van der Waals surface area contributed by atoms with Crippen LogP contribution in [0.2, 0.25) is 5.02 Å². The van der Waals surface area contributed by atoms with Crippen LogP contribution >= 0.6 is 23.4 Å². The maximum absolute atomic E-state index is 6.01. The van der Waals surface area contributed by atoms with Crippen LogP contribution in [0.5, 0.6) is 0 Å². The van der Waals surface area contributed by atoms with Crippen LogP contribution in [-0.2, 0) is 6.54 Å². The van der Waals surface area contributed by atoms with E-state index in [9.17, 15) is 0 Å². The van der Waals surface area contributed by atoms with Crippen molar-refractivity contribution in [2.45, 2.75) is 42.0 Å². The minimum atomic E-state index is 0.632. The van der Waals surface area contributed by atoms with Crippen molar-refractivity contribution < 1.29 is 0 Å². The maximum atomic E-state index is 6.01. The van der Waals surface area contributed by atoms with Gasteiger partial charge in [0.1, 0.15) is 0 Å². The largest absolute Gasteiger partial charge is 0.399 e. The van der Waals surface area contributed by atoms with Gasteiger partial charge in [-0.15, -0.1) is 0 Å². The second-order valence-electron chi connectivity index (χ2n) is 7.87. The van der Waals surface area contributed by atoms with Gasteiger partial charge in [-0.1, -0.05) is 41.6 Å². The average molecular weight is 423 g/mol. The summed E-state index contributed by atoms with van der Waals surface area (Å²) in [6, 6.07) is 23.3. The molecule has 4 heteroatoms. The van der Waals surface area contributed by atoms with Gasteiger partial charge in [0, 0.05) is 27.0 Å². The Kier molecular flexibility index (Phi) is 6.49. The average Bonchev–Trinajstić information content (AvgIpc) is 2.74. The Labute approximate surface area is 183 Å². The number of halogens is 1. The standard InChI is InChI=1S/C25H27ClN2S/c1-18-2-7-22(27)16-25(18)20-12-14-28(15-13-20)17-19-3-8-23(9-4-19)29-24-10-5-21(26)6-11-24/h2-11,16,20H,12-15,17,27H2,1H3. The van der Waals surface area contributed by atoms with Crippen LogP contribution < -0.4 is 5.73 Å². The van der Waals surface area contributed by atoms with E-state index in [4.69, 9.17) is 17.3 Å². The fourth-order valence-electron chi connectivity index (χ4n) is 4.06. The van der Waals surface area contributed by atoms with Crippen molar-refractivity contribution in [2.75, 3.05) is 18.8 Å². The number of nitrogens with two attached hydrogens (primary N) is 1. The molecule has 0 bridgehead atoms. The van der Waals surface area contributed by atoms with Crippen molar-refractivity contribution in [1.29, 1.82) is 0 Å². The van der Waals surface area contributed by atoms with E-state index in [2.05, 4.69) is 60.4 Å². The normalized spacial score (nSPS) is 15.5. The van der Waals surface area contributed by atoms with E-state index in [1.54, 1.807) is 11.8 Å². The number of hydrogen-bond donors (Lipinski definition) is 1. The number of benzene rings is 3. The lowest BCUT2D eigenvalue weighted by Crippen LogP contribution is -2.32. The summed E-state index contributed by atoms with van der Waals surface area (Å²) < 4.78 is 0. The van der Waals surface area contributed by atoms with E-state index in [0.29, 0.717) is 5.92 Å². The molecule has 2 N–H and O–H groups in total. The molecule has 0 saturated carbocycles. The van der Waals surface area contributed by atoms with E-state index >= 15 is 0 Å². The number of aryl methyl sites for hydroxylation is 1. The summed E-state index contributed by atoms with van der Waals surface area (Å²) in [5, 5.41) is 0.777. The predicted molar refractivity (Wildman–Crippen MR) is 125 cm³/mol. The van der Waals surface area contributed by atoms with Gasteiger partial charge in [-0.25, -0.2) is 0 Å². The zero-order valence-electron chi connectivity index (χ0n) is 16.8. The van der Waals surface area contributed by atoms with Gasteiger partial charge in [-0.05, 0) is 104 Å². The molecule has 0 aliphatic carbocycles. The van der Waals surface area contributed by atoms with Crippen molar-refractivity contribution in [3.8, 4) is 0 Å². The summed E-state index contributed by atoms with van der Waals surface area (Å²) in [5.41, 5.74) is 11.1. The molecule has 0 atom stereocenters. The third-order valence-corrected chi connectivity index (χ3v) is 6.98. The molecule has 3 aromatic rings. The number of rotatable bonds is 5. The first-order chi connectivity index (χ1) is 14.1. The Hall–Kier alpha value is -1.94. The fourth-order valence-corrected chi connectivity index (χ4v) is 5.00. The number of hydrogen-bond acceptors (Lipinski definition) is 3. The molecule has 29 heavy (non-hydrogen) atoms. The molecule has 0 spiro atoms. The Morgan fingerprint density at radius 1 is 0.931 bits per heavy atom. The molecular formula is C25H27ClN2S. The van der Waals surface area contributed by atoms with Crippen molar-refractivity contribution in [3.05, 3.63) is 88.4 Å². The summed E-state index contributed by atoms with van der Waals surface area (Å²) >= 11 is 7.74. The maximum Gasteiger partial charge on any atom is 0.0406 e. The van der Waals surface area contributed by atoms with Crippen LogP contribution in [-0.4, -0.2) is 18.0 Å². The van der Waals surface area contributed by atoms with E-state index in [1.165, 1.54) is 39.3 Å². The molecule has 1 heterocycles. The molecule has 2 nitrogen and oxygen atoms in total. The van der Waals surface area contributed by atoms with Crippen LogP contribution in [0.25, 0.3) is 0 Å². The van der Waals surface area contributed by atoms with Gasteiger partial charge in [0.25, 0.3) is 0 Å². The summed E-state index contributed by atoms with van der Waals surface area (Å²) in [4.78, 5) is 5.03. The lowest BCUT2D eigenvalue weighted by atomic mass is 9.86. The van der Waals surface area contributed by atoms with Crippen LogP contribution in [0.15, 0.2) is 76.5 Å². The SMILES string of the molecule is Cc1ccc(N)cc1C1CCN(Cc2ccc(Sc3ccc(Cl)cc3)cc2)CC1. The second-order valence-corrected chi connectivity index (χ2v) is 9.45. The predicted octanol–water partition coefficient (Wildman–Crippen LogP) is 6.76. The molecule has 1 fully saturated rings. The van der Waals surface area contributed by atoms with Crippen molar-refractivity contribution in [2.24, 2.45) is 0 Å². The molecule has 1 aliphatic rings. The molecular weight excluding hydrogens is 396 g/mol. The van der Waals surface area contributed by atoms with Crippen molar-refractivity contribution >= 4 is 29.1 Å². The van der Waals surface area contributed by atoms with Gasteiger partial charge in [0.05, 0.1) is 0 Å². The molecule has 0 aromatic heterocycles. The Morgan fingerprint density at radius 2 is 1.55 bits per heavy atom. The minimum Gasteiger partial charge on any atom is -0.399 e. The quantitative estimate of drug-likeness (QED) is 0.460. The Balaban J connectivity index is 1.31. The van der Waals surface area contributed by atoms with Gasteiger partial charge < -0.3 is 5.73 Å². The molecule has 1 saturated heterocycles. The third kappa shape index (κ3) is 5.36. The van der Waals surface area contributed by atoms with Crippen LogP contribution in [0.4, 0.5) is 5.69 Å². The van der Waals surface area contributed by atoms with E-state index in [0.717, 1.165) is 30.3 Å². The number of piperidine rings is 1. The summed E-state index contributed by atoms with van der Waals surface area (Å²) in [6.07, 6.45) is 2.41. The van der Waals surface area contributed by atoms with Gasteiger partial charge >= 0.3 is 0 Å². The Morgan fingerprint density at radius 3 is 2.21 bits per heavy atom. The van der Waals surface area contributed by atoms with Gasteiger partial charge in [0.15, 0.2) is 0 Å². The molecule has 150 valence electrons. The lowest BCUT2D eigenvalue weighted by Gasteiger charge is -2.33. The van der Waals surface area contributed by atoms with E-state index < -0.39 is 0 Å². The number of nitrogens with zero attached hydrogens (tertiary/aromatic N) is 1. The highest BCUT2D eigenvalue weighted by Gasteiger charge is 2.22. The number of nitrogen functional groups attached to an aromatic ring is 1. The lowest BCUT2D eigenvalue weighted by molar-refractivity contribution is 0.204. The molecule has 0 radical (unpaired) electrons. The first kappa shape index (κ1) is 20.3. The molecule has 0 unspecified atom stereocenters. The second kappa shape index (κ2) is 9.25. The summed E-state index contributed by atoms with van der Waals surface area (Å²) in [5.74, 6) is 0.632. The van der Waals surface area contributed by atoms with E-state index in [-0.39, 0.29) is 0 Å². The van der Waals surface area contributed by atoms with E-state index in [1.807, 2.05) is 18.2 Å². The number of anilines is 1. The summed E-state index contributed by atoms with van der Waals surface area (Å²) in [7, 11) is 0. The minimum absolute atomic E-state index is 0.632. The fraction of sp³-hybridized carbons (Fsp3) is 0.280. The van der Waals surface area contributed by atoms with Gasteiger partial charge in [-0.3, -0.25) is 4.90 Å². The van der Waals surface area contributed by atoms with Gasteiger partial charge in [-0.2, -0.15) is 0 Å². The third-order valence-electron chi connectivity index (χ3n) is 5.71. The zero-order valence-corrected chi connectivity index (χ0v) is 18.3. The first-order valence-electron chi connectivity index (χ1n) is 10.2. The monoisotopic (exact) mass is 422 g/mol. The topological polar surface area (TPSA) is 29.3 Å². The first-order valence-corrected chi connectivity index (χ1v) is 11.4. The Bertz CT molecular complexity index is 946. The molecule has 0 amide bonds. The highest BCUT2D eigenvalue weighted by Crippen LogP contribution is 2.32. The van der Waals surface area contributed by atoms with Crippen LogP contribution in [0, 0.1) is 6.92 Å². The summed E-state index contributed by atoms with van der Waals surface area (Å²) in [6.45, 7) is 5.50. The molecule has 1 aliphatic heterocycles. The van der Waals surface area contributed by atoms with Crippen molar-refractivity contribution in [1.82, 2.24) is 4.90 Å². The van der Waals surface area contributed by atoms with Gasteiger partial charge in [0.2, 0.25) is 0 Å². The zero-order chi connectivity index (χ0) is 20.2. The van der Waals surface area contributed by atoms with Crippen LogP contribution in [0.1, 0.15) is 35.4 Å². The highest BCUT2D eigenvalue weighted by atomic mass is 35.5. The molecule has 3 aromatic carbocycles. The van der Waals surface area contributed by atoms with Crippen molar-refractivity contribution in [3.63, 3.8) is 0 Å². The van der Waals surface area contributed by atoms with Crippen LogP contribution in [0.3, 0.4) is 0 Å². The molecule has 4 rings (SSSR count). The number of likely N-dealkylation sites (tertiary alicyclic amines) is 1.